The molecular weight excluding hydrogens is 356 g/mol. The average Bonchev–Trinajstić information content (AvgIpc) is 2.59. The van der Waals surface area contributed by atoms with Crippen LogP contribution < -0.4 is 25.3 Å². The van der Waals surface area contributed by atoms with E-state index in [1.807, 2.05) is 32.0 Å². The van der Waals surface area contributed by atoms with Crippen molar-refractivity contribution in [3.63, 3.8) is 0 Å². The van der Waals surface area contributed by atoms with Crippen molar-refractivity contribution in [1.82, 2.24) is 0 Å². The first-order valence-electron chi connectivity index (χ1n) is 8.19. The quantitative estimate of drug-likeness (QED) is 0.697. The monoisotopic (exact) mass is 378 g/mol. The molecule has 2 aromatic rings. The van der Waals surface area contributed by atoms with E-state index in [0.717, 1.165) is 22.6 Å². The van der Waals surface area contributed by atoms with Crippen molar-refractivity contribution < 1.29 is 19.0 Å². The van der Waals surface area contributed by atoms with Crippen molar-refractivity contribution in [2.24, 2.45) is 5.73 Å². The van der Waals surface area contributed by atoms with Gasteiger partial charge in [0.2, 0.25) is 0 Å². The smallest absolute Gasteiger partial charge is 0.255 e. The third-order valence-electron chi connectivity index (χ3n) is 3.57. The lowest BCUT2D eigenvalue weighted by Crippen LogP contribution is -2.20. The van der Waals surface area contributed by atoms with Crippen molar-refractivity contribution in [2.75, 3.05) is 25.6 Å². The van der Waals surface area contributed by atoms with Crippen LogP contribution in [0.25, 0.3) is 0 Å². The first-order valence-corrected chi connectivity index (χ1v) is 8.57. The van der Waals surface area contributed by atoms with Gasteiger partial charge in [-0.3, -0.25) is 4.79 Å². The second-order valence-electron chi connectivity index (χ2n) is 5.65. The zero-order chi connectivity index (χ0) is 19.1. The minimum absolute atomic E-state index is 0.269. The summed E-state index contributed by atoms with van der Waals surface area (Å²) in [5.41, 5.74) is 8.01. The fraction of sp³-hybridized carbons (Fsp3) is 0.316. The fourth-order valence-electron chi connectivity index (χ4n) is 2.41. The van der Waals surface area contributed by atoms with E-state index in [1.165, 1.54) is 7.11 Å². The summed E-state index contributed by atoms with van der Waals surface area (Å²) in [7, 11) is 1.51. The van der Waals surface area contributed by atoms with Gasteiger partial charge in [0, 0.05) is 6.54 Å². The van der Waals surface area contributed by atoms with Crippen LogP contribution in [0.1, 0.15) is 18.1 Å². The summed E-state index contributed by atoms with van der Waals surface area (Å²) in [6.07, 6.45) is 0. The molecule has 0 fully saturated rings. The maximum Gasteiger partial charge on any atom is 0.255 e. The number of primary amides is 1. The van der Waals surface area contributed by atoms with Gasteiger partial charge in [0.15, 0.2) is 18.1 Å². The highest BCUT2D eigenvalue weighted by atomic mass is 35.5. The van der Waals surface area contributed by atoms with Gasteiger partial charge in [-0.05, 0) is 49.2 Å². The summed E-state index contributed by atoms with van der Waals surface area (Å²) in [6.45, 7) is 4.79. The third kappa shape index (κ3) is 5.20. The zero-order valence-electron chi connectivity index (χ0n) is 15.1. The summed E-state index contributed by atoms with van der Waals surface area (Å²) in [4.78, 5) is 10.9. The van der Waals surface area contributed by atoms with Crippen molar-refractivity contribution in [3.05, 3.63) is 46.5 Å². The van der Waals surface area contributed by atoms with E-state index < -0.39 is 5.91 Å². The highest BCUT2D eigenvalue weighted by Crippen LogP contribution is 2.37. The van der Waals surface area contributed by atoms with Gasteiger partial charge in [-0.25, -0.2) is 0 Å². The Morgan fingerprint density at radius 2 is 1.96 bits per heavy atom. The molecule has 0 aromatic heterocycles. The topological polar surface area (TPSA) is 82.8 Å². The summed E-state index contributed by atoms with van der Waals surface area (Å²) >= 11 is 6.27. The Balaban J connectivity index is 2.17. The Morgan fingerprint density at radius 1 is 1.19 bits per heavy atom. The molecule has 1 amide bonds. The van der Waals surface area contributed by atoms with Crippen molar-refractivity contribution in [2.45, 2.75) is 20.4 Å². The largest absolute Gasteiger partial charge is 0.493 e. The number of carbonyl (C=O) groups excluding carboxylic acids is 1. The van der Waals surface area contributed by atoms with Crippen LogP contribution in [0.4, 0.5) is 5.69 Å². The van der Waals surface area contributed by atoms with E-state index in [4.69, 9.17) is 31.5 Å². The van der Waals surface area contributed by atoms with Crippen LogP contribution in [0.3, 0.4) is 0 Å². The molecule has 7 heteroatoms. The number of nitrogens with one attached hydrogen (secondary N) is 1. The fourth-order valence-corrected chi connectivity index (χ4v) is 2.69. The lowest BCUT2D eigenvalue weighted by Gasteiger charge is -2.16. The first-order chi connectivity index (χ1) is 12.4. The number of anilines is 1. The SMILES string of the molecule is CCOc1cc(C)ccc1NCc1cc(Cl)c(OCC(N)=O)c(OC)c1. The molecule has 26 heavy (non-hydrogen) atoms. The molecule has 0 spiro atoms. The van der Waals surface area contributed by atoms with Gasteiger partial charge in [-0.2, -0.15) is 0 Å². The first kappa shape index (κ1) is 19.7. The maximum absolute atomic E-state index is 10.9. The normalized spacial score (nSPS) is 10.3. The van der Waals surface area contributed by atoms with Crippen LogP contribution in [0, 0.1) is 6.92 Å². The second kappa shape index (κ2) is 9.20. The maximum atomic E-state index is 10.9. The molecule has 0 atom stereocenters. The third-order valence-corrected chi connectivity index (χ3v) is 3.85. The Morgan fingerprint density at radius 3 is 2.62 bits per heavy atom. The van der Waals surface area contributed by atoms with Crippen LogP contribution in [0.2, 0.25) is 5.02 Å². The van der Waals surface area contributed by atoms with Gasteiger partial charge < -0.3 is 25.3 Å². The van der Waals surface area contributed by atoms with E-state index in [9.17, 15) is 4.79 Å². The van der Waals surface area contributed by atoms with Gasteiger partial charge in [0.25, 0.3) is 5.91 Å². The van der Waals surface area contributed by atoms with Crippen LogP contribution in [-0.2, 0) is 11.3 Å². The molecule has 140 valence electrons. The molecule has 0 saturated heterocycles. The molecule has 2 rings (SSSR count). The van der Waals surface area contributed by atoms with Crippen molar-refractivity contribution >= 4 is 23.2 Å². The van der Waals surface area contributed by atoms with Gasteiger partial charge in [-0.15, -0.1) is 0 Å². The van der Waals surface area contributed by atoms with E-state index in [2.05, 4.69) is 5.32 Å². The molecular formula is C19H23ClN2O4. The highest BCUT2D eigenvalue weighted by molar-refractivity contribution is 6.32. The number of carbonyl (C=O) groups is 1. The number of nitrogens with two attached hydrogens (primary N) is 1. The number of halogens is 1. The van der Waals surface area contributed by atoms with Gasteiger partial charge in [0.05, 0.1) is 24.4 Å². The molecule has 3 N–H and O–H groups in total. The molecule has 0 radical (unpaired) electrons. The Hall–Kier alpha value is -2.60. The van der Waals surface area contributed by atoms with Gasteiger partial charge in [-0.1, -0.05) is 17.7 Å². The minimum Gasteiger partial charge on any atom is -0.493 e. The number of amides is 1. The van der Waals surface area contributed by atoms with Crippen LogP contribution in [0.15, 0.2) is 30.3 Å². The summed E-state index contributed by atoms with van der Waals surface area (Å²) < 4.78 is 16.3. The van der Waals surface area contributed by atoms with E-state index >= 15 is 0 Å². The molecule has 2 aromatic carbocycles. The Bertz CT molecular complexity index is 780. The Kier molecular flexibility index (Phi) is 6.97. The molecule has 0 unspecified atom stereocenters. The number of methoxy groups -OCH3 is 1. The molecule has 0 aliphatic rings. The molecule has 0 heterocycles. The standard InChI is InChI=1S/C19H23ClN2O4/c1-4-25-16-7-12(2)5-6-15(16)22-10-13-8-14(20)19(17(9-13)24-3)26-11-18(21)23/h5-9,22H,4,10-11H2,1-3H3,(H2,21,23). The van der Waals surface area contributed by atoms with Gasteiger partial charge in [0.1, 0.15) is 5.75 Å². The van der Waals surface area contributed by atoms with Crippen molar-refractivity contribution in [3.8, 4) is 17.2 Å². The highest BCUT2D eigenvalue weighted by Gasteiger charge is 2.13. The summed E-state index contributed by atoms with van der Waals surface area (Å²) in [5, 5.41) is 3.68. The number of benzene rings is 2. The number of rotatable bonds is 9. The number of ether oxygens (including phenoxy) is 3. The second-order valence-corrected chi connectivity index (χ2v) is 6.06. The number of aryl methyl sites for hydroxylation is 1. The van der Waals surface area contributed by atoms with Gasteiger partial charge >= 0.3 is 0 Å². The Labute approximate surface area is 158 Å². The van der Waals surface area contributed by atoms with Crippen LogP contribution in [-0.4, -0.2) is 26.2 Å². The predicted octanol–water partition coefficient (Wildman–Crippen LogP) is 3.53. The van der Waals surface area contributed by atoms with E-state index in [-0.39, 0.29) is 6.61 Å². The van der Waals surface area contributed by atoms with E-state index in [0.29, 0.717) is 29.7 Å². The molecule has 0 aliphatic heterocycles. The van der Waals surface area contributed by atoms with E-state index in [1.54, 1.807) is 12.1 Å². The van der Waals surface area contributed by atoms with Crippen LogP contribution >= 0.6 is 11.6 Å². The molecule has 0 bridgehead atoms. The number of hydrogen-bond acceptors (Lipinski definition) is 5. The lowest BCUT2D eigenvalue weighted by atomic mass is 10.1. The number of hydrogen-bond donors (Lipinski definition) is 2. The average molecular weight is 379 g/mol. The summed E-state index contributed by atoms with van der Waals surface area (Å²) in [5.74, 6) is 0.940. The molecule has 0 aliphatic carbocycles. The van der Waals surface area contributed by atoms with Crippen molar-refractivity contribution in [1.29, 1.82) is 0 Å². The molecule has 6 nitrogen and oxygen atoms in total. The predicted molar refractivity (Wildman–Crippen MR) is 102 cm³/mol. The lowest BCUT2D eigenvalue weighted by molar-refractivity contribution is -0.119. The molecule has 0 saturated carbocycles. The zero-order valence-corrected chi connectivity index (χ0v) is 15.9. The van der Waals surface area contributed by atoms with Crippen LogP contribution in [0.5, 0.6) is 17.2 Å². The summed E-state index contributed by atoms with van der Waals surface area (Å²) in [6, 6.07) is 9.52. The minimum atomic E-state index is -0.586.